The molecule has 2 fully saturated rings. The first-order chi connectivity index (χ1) is 13.6. The maximum absolute atomic E-state index is 13.2. The van der Waals surface area contributed by atoms with Crippen LogP contribution in [0.1, 0.15) is 25.3 Å². The van der Waals surface area contributed by atoms with Crippen molar-refractivity contribution >= 4 is 22.8 Å². The fourth-order valence-electron chi connectivity index (χ4n) is 4.03. The van der Waals surface area contributed by atoms with E-state index in [-0.39, 0.29) is 17.0 Å². The summed E-state index contributed by atoms with van der Waals surface area (Å²) in [4.78, 5) is 24.2. The lowest BCUT2D eigenvalue weighted by molar-refractivity contribution is 0.182. The van der Waals surface area contributed by atoms with Crippen molar-refractivity contribution in [3.63, 3.8) is 0 Å². The SMILES string of the molecule is COCCn1c(=O)n([C@@H]2CCOC2)c2nc(Cl)nc(OC[C@@H]3CCCN3C)c21. The highest BCUT2D eigenvalue weighted by atomic mass is 35.5. The minimum Gasteiger partial charge on any atom is -0.474 e. The Balaban J connectivity index is 1.77. The molecule has 10 heteroatoms. The third kappa shape index (κ3) is 3.63. The van der Waals surface area contributed by atoms with E-state index in [9.17, 15) is 4.79 Å². The van der Waals surface area contributed by atoms with E-state index in [2.05, 4.69) is 21.9 Å². The molecule has 4 rings (SSSR count). The lowest BCUT2D eigenvalue weighted by atomic mass is 10.2. The van der Waals surface area contributed by atoms with Crippen LogP contribution in [0.3, 0.4) is 0 Å². The molecule has 9 nitrogen and oxygen atoms in total. The van der Waals surface area contributed by atoms with E-state index < -0.39 is 0 Å². The van der Waals surface area contributed by atoms with Crippen molar-refractivity contribution in [1.82, 2.24) is 24.0 Å². The van der Waals surface area contributed by atoms with Crippen LogP contribution in [0, 0.1) is 0 Å². The van der Waals surface area contributed by atoms with Gasteiger partial charge in [-0.05, 0) is 44.5 Å². The number of ether oxygens (including phenoxy) is 3. The molecule has 2 aromatic rings. The van der Waals surface area contributed by atoms with Crippen LogP contribution >= 0.6 is 11.6 Å². The van der Waals surface area contributed by atoms with Gasteiger partial charge in [0.1, 0.15) is 6.61 Å². The number of aromatic nitrogens is 4. The van der Waals surface area contributed by atoms with E-state index in [4.69, 9.17) is 25.8 Å². The molecular weight excluding hydrogens is 386 g/mol. The van der Waals surface area contributed by atoms with E-state index in [1.54, 1.807) is 16.2 Å². The first-order valence-electron chi connectivity index (χ1n) is 9.68. The summed E-state index contributed by atoms with van der Waals surface area (Å²) in [5.74, 6) is 0.348. The Hall–Kier alpha value is -1.68. The van der Waals surface area contributed by atoms with Crippen molar-refractivity contribution in [2.24, 2.45) is 0 Å². The summed E-state index contributed by atoms with van der Waals surface area (Å²) in [6.07, 6.45) is 2.99. The zero-order valence-corrected chi connectivity index (χ0v) is 17.0. The largest absolute Gasteiger partial charge is 0.474 e. The minimum atomic E-state index is -0.165. The second kappa shape index (κ2) is 8.36. The van der Waals surface area contributed by atoms with Crippen molar-refractivity contribution in [2.75, 3.05) is 47.1 Å². The Kier molecular flexibility index (Phi) is 5.86. The zero-order chi connectivity index (χ0) is 19.7. The average molecular weight is 412 g/mol. The fraction of sp³-hybridized carbons (Fsp3) is 0.722. The van der Waals surface area contributed by atoms with Crippen LogP contribution in [0.25, 0.3) is 11.2 Å². The third-order valence-electron chi connectivity index (χ3n) is 5.62. The van der Waals surface area contributed by atoms with Gasteiger partial charge in [0.05, 0.1) is 25.8 Å². The first-order valence-corrected chi connectivity index (χ1v) is 10.1. The van der Waals surface area contributed by atoms with Crippen molar-refractivity contribution in [3.05, 3.63) is 15.8 Å². The maximum atomic E-state index is 13.2. The lowest BCUT2D eigenvalue weighted by Crippen LogP contribution is -2.31. The summed E-state index contributed by atoms with van der Waals surface area (Å²) in [5, 5.41) is 0.0684. The van der Waals surface area contributed by atoms with E-state index >= 15 is 0 Å². The first kappa shape index (κ1) is 19.6. The molecule has 154 valence electrons. The molecule has 2 atom stereocenters. The zero-order valence-electron chi connectivity index (χ0n) is 16.3. The molecule has 0 aliphatic carbocycles. The Morgan fingerprint density at radius 3 is 2.86 bits per heavy atom. The third-order valence-corrected chi connectivity index (χ3v) is 5.78. The summed E-state index contributed by atoms with van der Waals surface area (Å²) in [6, 6.07) is 0.256. The van der Waals surface area contributed by atoms with Crippen molar-refractivity contribution in [2.45, 2.75) is 37.9 Å². The molecule has 2 aromatic heterocycles. The van der Waals surface area contributed by atoms with Gasteiger partial charge in [-0.1, -0.05) is 0 Å². The van der Waals surface area contributed by atoms with Gasteiger partial charge in [0.2, 0.25) is 11.2 Å². The molecule has 0 aromatic carbocycles. The second-order valence-electron chi connectivity index (χ2n) is 7.37. The van der Waals surface area contributed by atoms with E-state index in [1.165, 1.54) is 0 Å². The number of imidazole rings is 1. The number of likely N-dealkylation sites (tertiary alicyclic amines) is 1. The molecule has 2 saturated heterocycles. The number of hydrogen-bond donors (Lipinski definition) is 0. The van der Waals surface area contributed by atoms with Crippen LogP contribution in [-0.2, 0) is 16.0 Å². The standard InChI is InChI=1S/C18H26ClN5O4/c1-22-6-3-4-12(22)11-28-16-14-15(20-17(19)21-16)24(13-5-8-27-10-13)18(25)23(14)7-9-26-2/h12-13H,3-11H2,1-2H3/t12-,13+/m0/s1. The van der Waals surface area contributed by atoms with E-state index in [0.29, 0.717) is 56.1 Å². The van der Waals surface area contributed by atoms with Gasteiger partial charge in [-0.2, -0.15) is 9.97 Å². The topological polar surface area (TPSA) is 83.6 Å². The number of hydrogen-bond acceptors (Lipinski definition) is 7. The summed E-state index contributed by atoms with van der Waals surface area (Å²) in [7, 11) is 3.70. The molecule has 2 aliphatic heterocycles. The normalized spacial score (nSPS) is 23.1. The van der Waals surface area contributed by atoms with E-state index in [1.807, 2.05) is 0 Å². The molecule has 0 saturated carbocycles. The number of nitrogens with zero attached hydrogens (tertiary/aromatic N) is 5. The molecule has 0 spiro atoms. The van der Waals surface area contributed by atoms with Crippen molar-refractivity contribution < 1.29 is 14.2 Å². The smallest absolute Gasteiger partial charge is 0.330 e. The fourth-order valence-corrected chi connectivity index (χ4v) is 4.19. The molecule has 0 N–H and O–H groups in total. The van der Waals surface area contributed by atoms with Crippen LogP contribution in [0.2, 0.25) is 5.28 Å². The van der Waals surface area contributed by atoms with Crippen LogP contribution in [0.4, 0.5) is 0 Å². The lowest BCUT2D eigenvalue weighted by Gasteiger charge is -2.19. The predicted molar refractivity (Wildman–Crippen MR) is 104 cm³/mol. The van der Waals surface area contributed by atoms with Gasteiger partial charge in [0.25, 0.3) is 0 Å². The minimum absolute atomic E-state index is 0.0684. The van der Waals surface area contributed by atoms with Gasteiger partial charge in [-0.3, -0.25) is 9.13 Å². The van der Waals surface area contributed by atoms with Crippen LogP contribution in [0.15, 0.2) is 4.79 Å². The van der Waals surface area contributed by atoms with Gasteiger partial charge in [-0.15, -0.1) is 0 Å². The second-order valence-corrected chi connectivity index (χ2v) is 7.71. The highest BCUT2D eigenvalue weighted by Gasteiger charge is 2.29. The van der Waals surface area contributed by atoms with Gasteiger partial charge in [-0.25, -0.2) is 4.79 Å². The predicted octanol–water partition coefficient (Wildman–Crippen LogP) is 1.33. The van der Waals surface area contributed by atoms with Crippen molar-refractivity contribution in [3.8, 4) is 5.88 Å². The molecule has 0 unspecified atom stereocenters. The number of rotatable bonds is 7. The Morgan fingerprint density at radius 1 is 1.32 bits per heavy atom. The van der Waals surface area contributed by atoms with Crippen LogP contribution < -0.4 is 10.4 Å². The Labute approximate surface area is 168 Å². The van der Waals surface area contributed by atoms with Crippen LogP contribution in [0.5, 0.6) is 5.88 Å². The Morgan fingerprint density at radius 2 is 2.18 bits per heavy atom. The van der Waals surface area contributed by atoms with E-state index in [0.717, 1.165) is 25.8 Å². The summed E-state index contributed by atoms with van der Waals surface area (Å²) >= 11 is 6.20. The summed E-state index contributed by atoms with van der Waals surface area (Å²) in [6.45, 7) is 3.44. The summed E-state index contributed by atoms with van der Waals surface area (Å²) in [5.41, 5.74) is 0.896. The number of halogens is 1. The molecule has 28 heavy (non-hydrogen) atoms. The molecule has 2 aliphatic rings. The number of fused-ring (bicyclic) bond motifs is 1. The molecule has 0 bridgehead atoms. The Bertz CT molecular complexity index is 892. The maximum Gasteiger partial charge on any atom is 0.330 e. The highest BCUT2D eigenvalue weighted by molar-refractivity contribution is 6.28. The monoisotopic (exact) mass is 411 g/mol. The van der Waals surface area contributed by atoms with Gasteiger partial charge in [0, 0.05) is 19.8 Å². The molecular formula is C18H26ClN5O4. The molecule has 0 radical (unpaired) electrons. The summed E-state index contributed by atoms with van der Waals surface area (Å²) < 4.78 is 20.1. The number of methoxy groups -OCH3 is 1. The highest BCUT2D eigenvalue weighted by Crippen LogP contribution is 2.29. The quantitative estimate of drug-likeness (QED) is 0.635. The average Bonchev–Trinajstić information content (AvgIpc) is 3.38. The molecule has 4 heterocycles. The van der Waals surface area contributed by atoms with Crippen molar-refractivity contribution in [1.29, 1.82) is 0 Å². The van der Waals surface area contributed by atoms with Gasteiger partial charge in [0.15, 0.2) is 11.2 Å². The number of likely N-dealkylation sites (N-methyl/N-ethyl adjacent to an activating group) is 1. The van der Waals surface area contributed by atoms with Gasteiger partial charge < -0.3 is 19.1 Å². The van der Waals surface area contributed by atoms with Gasteiger partial charge >= 0.3 is 5.69 Å². The molecule has 0 amide bonds. The van der Waals surface area contributed by atoms with Crippen LogP contribution in [-0.4, -0.2) is 77.2 Å².